The van der Waals surface area contributed by atoms with Gasteiger partial charge in [0.25, 0.3) is 0 Å². The maximum Gasteiger partial charge on any atom is 0.234 e. The highest BCUT2D eigenvalue weighted by atomic mass is 32.2. The number of hydrogen-bond acceptors (Lipinski definition) is 4. The molecule has 1 fully saturated rings. The van der Waals surface area contributed by atoms with Gasteiger partial charge in [-0.3, -0.25) is 10.1 Å². The minimum absolute atomic E-state index is 0.0244. The Hall–Kier alpha value is -1.06. The van der Waals surface area contributed by atoms with E-state index in [-0.39, 0.29) is 30.0 Å². The first-order chi connectivity index (χ1) is 7.53. The van der Waals surface area contributed by atoms with Crippen molar-refractivity contribution in [1.82, 2.24) is 10.6 Å². The average Bonchev–Trinajstić information content (AvgIpc) is 2.22. The minimum atomic E-state index is -2.87. The van der Waals surface area contributed by atoms with Gasteiger partial charge in [0.15, 0.2) is 0 Å². The SMILES string of the molecule is C#CCNCC(=O)NC1CCS(=O)(=O)CC1. The summed E-state index contributed by atoms with van der Waals surface area (Å²) >= 11 is 0. The highest BCUT2D eigenvalue weighted by molar-refractivity contribution is 7.91. The summed E-state index contributed by atoms with van der Waals surface area (Å²) in [5.41, 5.74) is 0. The van der Waals surface area contributed by atoms with Gasteiger partial charge in [-0.15, -0.1) is 6.42 Å². The number of rotatable bonds is 4. The predicted molar refractivity (Wildman–Crippen MR) is 61.5 cm³/mol. The van der Waals surface area contributed by atoms with Gasteiger partial charge < -0.3 is 5.32 Å². The zero-order valence-electron chi connectivity index (χ0n) is 9.03. The van der Waals surface area contributed by atoms with Crippen LogP contribution in [0, 0.1) is 12.3 Å². The van der Waals surface area contributed by atoms with Crippen molar-refractivity contribution in [3.05, 3.63) is 0 Å². The largest absolute Gasteiger partial charge is 0.352 e. The van der Waals surface area contributed by atoms with Crippen molar-refractivity contribution in [2.45, 2.75) is 18.9 Å². The second-order valence-corrected chi connectivity index (χ2v) is 6.10. The van der Waals surface area contributed by atoms with Gasteiger partial charge in [-0.2, -0.15) is 0 Å². The lowest BCUT2D eigenvalue weighted by Gasteiger charge is -2.22. The highest BCUT2D eigenvalue weighted by Crippen LogP contribution is 2.11. The van der Waals surface area contributed by atoms with Crippen LogP contribution in [-0.2, 0) is 14.6 Å². The third-order valence-electron chi connectivity index (χ3n) is 2.43. The summed E-state index contributed by atoms with van der Waals surface area (Å²) in [7, 11) is -2.87. The summed E-state index contributed by atoms with van der Waals surface area (Å²) in [4.78, 5) is 11.4. The van der Waals surface area contributed by atoms with Crippen molar-refractivity contribution < 1.29 is 13.2 Å². The number of terminal acetylenes is 1. The predicted octanol–water partition coefficient (Wildman–Crippen LogP) is -1.10. The molecule has 2 N–H and O–H groups in total. The Labute approximate surface area is 95.9 Å². The van der Waals surface area contributed by atoms with Crippen LogP contribution in [0.4, 0.5) is 0 Å². The van der Waals surface area contributed by atoms with Crippen LogP contribution in [0.1, 0.15) is 12.8 Å². The van der Waals surface area contributed by atoms with E-state index in [1.807, 2.05) is 0 Å². The molecule has 5 nitrogen and oxygen atoms in total. The monoisotopic (exact) mass is 244 g/mol. The Balaban J connectivity index is 2.24. The maximum absolute atomic E-state index is 11.4. The van der Waals surface area contributed by atoms with Crippen LogP contribution >= 0.6 is 0 Å². The molecule has 0 aromatic carbocycles. The first kappa shape index (κ1) is 13.0. The second-order valence-electron chi connectivity index (χ2n) is 3.80. The van der Waals surface area contributed by atoms with Crippen molar-refractivity contribution in [3.8, 4) is 12.3 Å². The zero-order chi connectivity index (χ0) is 12.0. The van der Waals surface area contributed by atoms with Gasteiger partial charge in [0.05, 0.1) is 24.6 Å². The van der Waals surface area contributed by atoms with E-state index in [2.05, 4.69) is 16.6 Å². The summed E-state index contributed by atoms with van der Waals surface area (Å²) in [6, 6.07) is -0.0244. The Morgan fingerprint density at radius 1 is 1.38 bits per heavy atom. The van der Waals surface area contributed by atoms with Crippen LogP contribution in [0.15, 0.2) is 0 Å². The smallest absolute Gasteiger partial charge is 0.234 e. The fraction of sp³-hybridized carbons (Fsp3) is 0.700. The standard InChI is InChI=1S/C10H16N2O3S/c1-2-5-11-8-10(13)12-9-3-6-16(14,15)7-4-9/h1,9,11H,3-8H2,(H,12,13). The molecule has 1 heterocycles. The quantitative estimate of drug-likeness (QED) is 0.486. The third-order valence-corrected chi connectivity index (χ3v) is 4.15. The molecule has 0 aliphatic carbocycles. The van der Waals surface area contributed by atoms with Crippen LogP contribution in [-0.4, -0.2) is 45.0 Å². The fourth-order valence-corrected chi connectivity index (χ4v) is 3.05. The number of amides is 1. The van der Waals surface area contributed by atoms with Gasteiger partial charge in [0.2, 0.25) is 5.91 Å². The van der Waals surface area contributed by atoms with E-state index in [9.17, 15) is 13.2 Å². The molecule has 0 atom stereocenters. The molecular formula is C10H16N2O3S. The molecule has 0 aromatic rings. The summed E-state index contributed by atoms with van der Waals surface area (Å²) in [5, 5.41) is 5.56. The van der Waals surface area contributed by atoms with E-state index in [0.717, 1.165) is 0 Å². The van der Waals surface area contributed by atoms with Crippen LogP contribution in [0.2, 0.25) is 0 Å². The lowest BCUT2D eigenvalue weighted by atomic mass is 10.1. The average molecular weight is 244 g/mol. The highest BCUT2D eigenvalue weighted by Gasteiger charge is 2.24. The van der Waals surface area contributed by atoms with Gasteiger partial charge in [-0.1, -0.05) is 5.92 Å². The number of carbonyl (C=O) groups excluding carboxylic acids is 1. The van der Waals surface area contributed by atoms with Gasteiger partial charge in [-0.05, 0) is 12.8 Å². The number of carbonyl (C=O) groups is 1. The molecule has 0 saturated carbocycles. The number of sulfone groups is 1. The summed E-state index contributed by atoms with van der Waals surface area (Å²) in [6.07, 6.45) is 6.02. The first-order valence-electron chi connectivity index (χ1n) is 5.17. The Bertz CT molecular complexity index is 369. The lowest BCUT2D eigenvalue weighted by Crippen LogP contribution is -2.44. The maximum atomic E-state index is 11.4. The molecule has 1 rings (SSSR count). The van der Waals surface area contributed by atoms with E-state index in [1.165, 1.54) is 0 Å². The molecule has 0 bridgehead atoms. The van der Waals surface area contributed by atoms with E-state index >= 15 is 0 Å². The third kappa shape index (κ3) is 4.64. The van der Waals surface area contributed by atoms with E-state index in [1.54, 1.807) is 0 Å². The molecule has 6 heteroatoms. The number of nitrogens with one attached hydrogen (secondary N) is 2. The van der Waals surface area contributed by atoms with Crippen LogP contribution < -0.4 is 10.6 Å². The van der Waals surface area contributed by atoms with Gasteiger partial charge in [0.1, 0.15) is 9.84 Å². The zero-order valence-corrected chi connectivity index (χ0v) is 9.85. The number of hydrogen-bond donors (Lipinski definition) is 2. The molecule has 1 saturated heterocycles. The van der Waals surface area contributed by atoms with Crippen molar-refractivity contribution in [1.29, 1.82) is 0 Å². The summed E-state index contributed by atoms with van der Waals surface area (Å²) in [5.74, 6) is 2.55. The van der Waals surface area contributed by atoms with E-state index in [4.69, 9.17) is 6.42 Å². The van der Waals surface area contributed by atoms with Crippen molar-refractivity contribution in [2.75, 3.05) is 24.6 Å². The van der Waals surface area contributed by atoms with E-state index < -0.39 is 9.84 Å². The molecule has 0 unspecified atom stereocenters. The van der Waals surface area contributed by atoms with Crippen molar-refractivity contribution in [3.63, 3.8) is 0 Å². The van der Waals surface area contributed by atoms with Gasteiger partial charge in [0, 0.05) is 6.04 Å². The van der Waals surface area contributed by atoms with Crippen LogP contribution in [0.3, 0.4) is 0 Å². The molecule has 0 radical (unpaired) electrons. The van der Waals surface area contributed by atoms with Crippen molar-refractivity contribution in [2.24, 2.45) is 0 Å². The first-order valence-corrected chi connectivity index (χ1v) is 6.99. The van der Waals surface area contributed by atoms with Crippen molar-refractivity contribution >= 4 is 15.7 Å². The summed E-state index contributed by atoms with van der Waals surface area (Å²) < 4.78 is 22.3. The molecule has 1 aliphatic heterocycles. The molecule has 1 aliphatic rings. The molecule has 16 heavy (non-hydrogen) atoms. The van der Waals surface area contributed by atoms with Gasteiger partial charge >= 0.3 is 0 Å². The molecule has 0 aromatic heterocycles. The summed E-state index contributed by atoms with van der Waals surface area (Å²) in [6.45, 7) is 0.528. The topological polar surface area (TPSA) is 75.3 Å². The molecule has 90 valence electrons. The Morgan fingerprint density at radius 2 is 2.00 bits per heavy atom. The fourth-order valence-electron chi connectivity index (χ4n) is 1.56. The molecule has 1 amide bonds. The normalized spacial score (nSPS) is 19.9. The Morgan fingerprint density at radius 3 is 2.56 bits per heavy atom. The van der Waals surface area contributed by atoms with E-state index in [0.29, 0.717) is 19.4 Å². The van der Waals surface area contributed by atoms with Crippen LogP contribution in [0.25, 0.3) is 0 Å². The molecular weight excluding hydrogens is 228 g/mol. The minimum Gasteiger partial charge on any atom is -0.352 e. The Kier molecular flexibility index (Phi) is 4.77. The second kappa shape index (κ2) is 5.87. The van der Waals surface area contributed by atoms with Gasteiger partial charge in [-0.25, -0.2) is 8.42 Å². The lowest BCUT2D eigenvalue weighted by molar-refractivity contribution is -0.120. The van der Waals surface area contributed by atoms with Crippen LogP contribution in [0.5, 0.6) is 0 Å². The molecule has 0 spiro atoms.